The van der Waals surface area contributed by atoms with Gasteiger partial charge in [-0.2, -0.15) is 0 Å². The number of ether oxygens (including phenoxy) is 1. The molecular formula is C7H8N2O4. The van der Waals surface area contributed by atoms with Gasteiger partial charge in [0.1, 0.15) is 0 Å². The highest BCUT2D eigenvalue weighted by atomic mass is 16.6. The number of hydrogen-bond donors (Lipinski definition) is 1. The molecule has 0 aliphatic carbocycles. The third-order valence-corrected chi connectivity index (χ3v) is 1.52. The maximum atomic E-state index is 11.0. The Morgan fingerprint density at radius 2 is 2.31 bits per heavy atom. The lowest BCUT2D eigenvalue weighted by molar-refractivity contribution is -0.385. The largest absolute Gasteiger partial charge is 0.464 e. The number of aromatic nitrogens is 1. The molecule has 13 heavy (non-hydrogen) atoms. The molecule has 0 saturated heterocycles. The predicted molar refractivity (Wildman–Crippen MR) is 43.5 cm³/mol. The van der Waals surface area contributed by atoms with Gasteiger partial charge in [-0.05, 0) is 6.92 Å². The molecule has 6 nitrogen and oxygen atoms in total. The molecule has 1 aromatic heterocycles. The smallest absolute Gasteiger partial charge is 0.361 e. The van der Waals surface area contributed by atoms with Gasteiger partial charge in [-0.1, -0.05) is 0 Å². The predicted octanol–water partition coefficient (Wildman–Crippen LogP) is 1.02. The van der Waals surface area contributed by atoms with Crippen molar-refractivity contribution in [2.75, 3.05) is 7.11 Å². The number of nitro groups is 1. The first-order chi connectivity index (χ1) is 6.06. The zero-order valence-corrected chi connectivity index (χ0v) is 7.16. The Morgan fingerprint density at radius 1 is 1.69 bits per heavy atom. The van der Waals surface area contributed by atoms with Gasteiger partial charge in [-0.3, -0.25) is 10.1 Å². The second kappa shape index (κ2) is 3.26. The van der Waals surface area contributed by atoms with Crippen LogP contribution in [0.15, 0.2) is 6.07 Å². The highest BCUT2D eigenvalue weighted by Gasteiger charge is 2.23. The SMILES string of the molecule is COC(=O)c1[nH]c(C)cc1[N+](=O)[O-]. The Morgan fingerprint density at radius 3 is 2.77 bits per heavy atom. The number of aromatic amines is 1. The van der Waals surface area contributed by atoms with Gasteiger partial charge in [0, 0.05) is 11.8 Å². The molecule has 0 aromatic carbocycles. The van der Waals surface area contributed by atoms with Gasteiger partial charge in [-0.15, -0.1) is 0 Å². The van der Waals surface area contributed by atoms with Crippen molar-refractivity contribution in [3.05, 3.63) is 27.6 Å². The first-order valence-electron chi connectivity index (χ1n) is 3.48. The van der Waals surface area contributed by atoms with E-state index in [1.165, 1.54) is 13.2 Å². The fourth-order valence-electron chi connectivity index (χ4n) is 0.976. The average molecular weight is 184 g/mol. The summed E-state index contributed by atoms with van der Waals surface area (Å²) in [6.07, 6.45) is 0. The first kappa shape index (κ1) is 9.24. The van der Waals surface area contributed by atoms with Crippen LogP contribution in [0.1, 0.15) is 16.2 Å². The summed E-state index contributed by atoms with van der Waals surface area (Å²) in [6, 6.07) is 1.28. The topological polar surface area (TPSA) is 85.2 Å². The number of carbonyl (C=O) groups excluding carboxylic acids is 1. The van der Waals surface area contributed by atoms with E-state index in [9.17, 15) is 14.9 Å². The number of carbonyl (C=O) groups is 1. The Labute approximate surface area is 73.7 Å². The molecule has 0 fully saturated rings. The minimum absolute atomic E-state index is 0.120. The molecule has 0 radical (unpaired) electrons. The van der Waals surface area contributed by atoms with Gasteiger partial charge >= 0.3 is 11.7 Å². The Hall–Kier alpha value is -1.85. The van der Waals surface area contributed by atoms with Crippen LogP contribution in [-0.4, -0.2) is 23.0 Å². The van der Waals surface area contributed by atoms with Crippen molar-refractivity contribution >= 4 is 11.7 Å². The van der Waals surface area contributed by atoms with Crippen LogP contribution in [0, 0.1) is 17.0 Å². The number of esters is 1. The van der Waals surface area contributed by atoms with Gasteiger partial charge in [0.15, 0.2) is 0 Å². The van der Waals surface area contributed by atoms with Crippen molar-refractivity contribution in [2.45, 2.75) is 6.92 Å². The van der Waals surface area contributed by atoms with Gasteiger partial charge in [0.05, 0.1) is 12.0 Å². The summed E-state index contributed by atoms with van der Waals surface area (Å²) in [6.45, 7) is 1.62. The van der Waals surface area contributed by atoms with E-state index in [0.29, 0.717) is 5.69 Å². The Bertz CT molecular complexity index is 355. The lowest BCUT2D eigenvalue weighted by Gasteiger charge is -1.94. The molecule has 70 valence electrons. The highest BCUT2D eigenvalue weighted by Crippen LogP contribution is 2.19. The molecule has 0 aliphatic heterocycles. The third-order valence-electron chi connectivity index (χ3n) is 1.52. The van der Waals surface area contributed by atoms with E-state index in [0.717, 1.165) is 0 Å². The van der Waals surface area contributed by atoms with E-state index in [4.69, 9.17) is 0 Å². The van der Waals surface area contributed by atoms with E-state index in [1.807, 2.05) is 0 Å². The number of aryl methyl sites for hydroxylation is 1. The molecular weight excluding hydrogens is 176 g/mol. The summed E-state index contributed by atoms with van der Waals surface area (Å²) in [5.41, 5.74) is 0.168. The van der Waals surface area contributed by atoms with Gasteiger partial charge < -0.3 is 9.72 Å². The number of nitrogens with zero attached hydrogens (tertiary/aromatic N) is 1. The molecule has 1 aromatic rings. The molecule has 0 aliphatic rings. The third kappa shape index (κ3) is 1.66. The zero-order chi connectivity index (χ0) is 10.0. The van der Waals surface area contributed by atoms with Crippen molar-refractivity contribution in [3.8, 4) is 0 Å². The lowest BCUT2D eigenvalue weighted by atomic mass is 10.3. The molecule has 6 heteroatoms. The van der Waals surface area contributed by atoms with Crippen LogP contribution in [0.4, 0.5) is 5.69 Å². The van der Waals surface area contributed by atoms with Crippen molar-refractivity contribution in [1.29, 1.82) is 0 Å². The molecule has 0 atom stereocenters. The Balaban J connectivity index is 3.19. The standard InChI is InChI=1S/C7H8N2O4/c1-4-3-5(9(11)12)6(8-4)7(10)13-2/h3,8H,1-2H3. The van der Waals surface area contributed by atoms with E-state index in [1.54, 1.807) is 6.92 Å². The summed E-state index contributed by atoms with van der Waals surface area (Å²) < 4.78 is 4.37. The van der Waals surface area contributed by atoms with Crippen LogP contribution in [-0.2, 0) is 4.74 Å². The summed E-state index contributed by atoms with van der Waals surface area (Å²) in [4.78, 5) is 23.4. The minimum atomic E-state index is -0.736. The van der Waals surface area contributed by atoms with Crippen LogP contribution < -0.4 is 0 Å². The molecule has 0 saturated carbocycles. The normalized spacial score (nSPS) is 9.69. The first-order valence-corrected chi connectivity index (χ1v) is 3.48. The summed E-state index contributed by atoms with van der Waals surface area (Å²) >= 11 is 0. The van der Waals surface area contributed by atoms with Crippen molar-refractivity contribution in [1.82, 2.24) is 4.98 Å². The van der Waals surface area contributed by atoms with E-state index >= 15 is 0 Å². The number of methoxy groups -OCH3 is 1. The van der Waals surface area contributed by atoms with Crippen molar-refractivity contribution < 1.29 is 14.5 Å². The molecule has 0 amide bonds. The van der Waals surface area contributed by atoms with Crippen LogP contribution in [0.5, 0.6) is 0 Å². The fourth-order valence-corrected chi connectivity index (χ4v) is 0.976. The number of nitrogens with one attached hydrogen (secondary N) is 1. The van der Waals surface area contributed by atoms with E-state index < -0.39 is 10.9 Å². The fraction of sp³-hybridized carbons (Fsp3) is 0.286. The second-order valence-electron chi connectivity index (χ2n) is 2.46. The average Bonchev–Trinajstić information content (AvgIpc) is 2.46. The molecule has 0 spiro atoms. The Kier molecular flexibility index (Phi) is 2.32. The molecule has 1 heterocycles. The number of rotatable bonds is 2. The zero-order valence-electron chi connectivity index (χ0n) is 7.16. The highest BCUT2D eigenvalue weighted by molar-refractivity contribution is 5.92. The maximum Gasteiger partial charge on any atom is 0.361 e. The van der Waals surface area contributed by atoms with Gasteiger partial charge in [-0.25, -0.2) is 4.79 Å². The van der Waals surface area contributed by atoms with Crippen LogP contribution in [0.2, 0.25) is 0 Å². The second-order valence-corrected chi connectivity index (χ2v) is 2.46. The number of hydrogen-bond acceptors (Lipinski definition) is 4. The monoisotopic (exact) mass is 184 g/mol. The molecule has 0 bridgehead atoms. The van der Waals surface area contributed by atoms with Crippen LogP contribution in [0.25, 0.3) is 0 Å². The van der Waals surface area contributed by atoms with Gasteiger partial charge in [0.2, 0.25) is 5.69 Å². The van der Waals surface area contributed by atoms with Crippen molar-refractivity contribution in [3.63, 3.8) is 0 Å². The van der Waals surface area contributed by atoms with E-state index in [-0.39, 0.29) is 11.4 Å². The van der Waals surface area contributed by atoms with Crippen molar-refractivity contribution in [2.24, 2.45) is 0 Å². The minimum Gasteiger partial charge on any atom is -0.464 e. The van der Waals surface area contributed by atoms with Crippen LogP contribution >= 0.6 is 0 Å². The number of H-pyrrole nitrogens is 1. The summed E-state index contributed by atoms with van der Waals surface area (Å²) in [5, 5.41) is 10.4. The lowest BCUT2D eigenvalue weighted by Crippen LogP contribution is -2.04. The molecule has 1 N–H and O–H groups in total. The summed E-state index contributed by atoms with van der Waals surface area (Å²) in [7, 11) is 1.17. The van der Waals surface area contributed by atoms with Gasteiger partial charge in [0.25, 0.3) is 0 Å². The molecule has 1 rings (SSSR count). The van der Waals surface area contributed by atoms with E-state index in [2.05, 4.69) is 9.72 Å². The molecule has 0 unspecified atom stereocenters. The maximum absolute atomic E-state index is 11.0. The van der Waals surface area contributed by atoms with Crippen LogP contribution in [0.3, 0.4) is 0 Å². The quantitative estimate of drug-likeness (QED) is 0.422. The summed E-state index contributed by atoms with van der Waals surface area (Å²) in [5.74, 6) is -0.736.